The minimum atomic E-state index is -0.459. The third-order valence-corrected chi connectivity index (χ3v) is 7.25. The van der Waals surface area contributed by atoms with E-state index in [-0.39, 0.29) is 12.7 Å². The highest BCUT2D eigenvalue weighted by Crippen LogP contribution is 2.35. The van der Waals surface area contributed by atoms with Crippen LogP contribution in [0.3, 0.4) is 0 Å². The van der Waals surface area contributed by atoms with Gasteiger partial charge >= 0.3 is 0 Å². The van der Waals surface area contributed by atoms with Crippen LogP contribution < -0.4 is 29.6 Å². The van der Waals surface area contributed by atoms with E-state index in [1.165, 1.54) is 0 Å². The van der Waals surface area contributed by atoms with Crippen molar-refractivity contribution in [1.29, 1.82) is 0 Å². The lowest BCUT2D eigenvalue weighted by molar-refractivity contribution is -0.115. The molecule has 37 heavy (non-hydrogen) atoms. The molecule has 3 heterocycles. The first-order chi connectivity index (χ1) is 18.0. The summed E-state index contributed by atoms with van der Waals surface area (Å²) < 4.78 is 21.4. The Morgan fingerprint density at radius 2 is 1.70 bits per heavy atom. The van der Waals surface area contributed by atoms with E-state index < -0.39 is 5.60 Å². The van der Waals surface area contributed by atoms with E-state index in [9.17, 15) is 4.79 Å². The molecule has 0 aliphatic carbocycles. The van der Waals surface area contributed by atoms with Gasteiger partial charge in [0.1, 0.15) is 11.3 Å². The fraction of sp³-hybridized carbons (Fsp3) is 0.423. The number of fused-ring (bicyclic) bond motifs is 1. The lowest BCUT2D eigenvalue weighted by Crippen LogP contribution is -2.50. The minimum absolute atomic E-state index is 0.227. The summed E-state index contributed by atoms with van der Waals surface area (Å²) >= 11 is 5.62. The second-order valence-corrected chi connectivity index (χ2v) is 9.58. The molecule has 2 aromatic carbocycles. The maximum Gasteiger partial charge on any atom is 0.269 e. The number of nitrogens with zero attached hydrogens (tertiary/aromatic N) is 2. The van der Waals surface area contributed by atoms with E-state index in [1.807, 2.05) is 36.4 Å². The molecule has 11 heteroatoms. The van der Waals surface area contributed by atoms with Gasteiger partial charge in [0, 0.05) is 45.4 Å². The molecule has 0 unspecified atom stereocenters. The summed E-state index contributed by atoms with van der Waals surface area (Å²) in [5, 5.41) is 11.1. The quantitative estimate of drug-likeness (QED) is 0.527. The van der Waals surface area contributed by atoms with Gasteiger partial charge in [-0.25, -0.2) is 0 Å². The molecule has 1 spiro atoms. The van der Waals surface area contributed by atoms with Gasteiger partial charge in [0.2, 0.25) is 6.79 Å². The van der Waals surface area contributed by atoms with Crippen LogP contribution in [-0.2, 0) is 22.7 Å². The van der Waals surface area contributed by atoms with Gasteiger partial charge in [-0.1, -0.05) is 17.3 Å². The van der Waals surface area contributed by atoms with Crippen LogP contribution in [0.4, 0.5) is 0 Å². The number of ether oxygens (including phenoxy) is 4. The number of nitrogens with one attached hydrogen (secondary N) is 2. The normalized spacial score (nSPS) is 17.1. The molecule has 3 aliphatic rings. The second-order valence-electron chi connectivity index (χ2n) is 9.19. The number of methoxy groups -OCH3 is 2. The van der Waals surface area contributed by atoms with Gasteiger partial charge in [0.05, 0.1) is 14.2 Å². The molecule has 1 amide bonds. The molecule has 0 bridgehead atoms. The predicted molar refractivity (Wildman–Crippen MR) is 140 cm³/mol. The monoisotopic (exact) mass is 526 g/mol. The standard InChI is InChI=1S/C26H30N4O6S/c1-32-20-5-3-17(11-22(20)33-2)14-27-24(31)19-13-26(36-29-19)7-9-30(10-8-26)25(37)28-15-18-4-6-21-23(12-18)35-16-34-21/h3-6,11-12H,7-10,13-16H2,1-2H3,(H,27,31)(H,28,37). The number of hydrogen-bond acceptors (Lipinski definition) is 8. The molecule has 2 N–H and O–H groups in total. The highest BCUT2D eigenvalue weighted by molar-refractivity contribution is 7.80. The Kier molecular flexibility index (Phi) is 7.22. The van der Waals surface area contributed by atoms with E-state index >= 15 is 0 Å². The first kappa shape index (κ1) is 24.9. The molecule has 0 radical (unpaired) electrons. The van der Waals surface area contributed by atoms with Crippen molar-refractivity contribution in [3.8, 4) is 23.0 Å². The van der Waals surface area contributed by atoms with Crippen molar-refractivity contribution in [3.05, 3.63) is 47.5 Å². The summed E-state index contributed by atoms with van der Waals surface area (Å²) in [7, 11) is 3.17. The van der Waals surface area contributed by atoms with Crippen molar-refractivity contribution >= 4 is 28.9 Å². The number of carbonyl (C=O) groups is 1. The first-order valence-corrected chi connectivity index (χ1v) is 12.5. The van der Waals surface area contributed by atoms with Crippen LogP contribution in [0.2, 0.25) is 0 Å². The van der Waals surface area contributed by atoms with Crippen molar-refractivity contribution < 1.29 is 28.6 Å². The van der Waals surface area contributed by atoms with E-state index in [2.05, 4.69) is 20.7 Å². The van der Waals surface area contributed by atoms with Crippen molar-refractivity contribution in [1.82, 2.24) is 15.5 Å². The van der Waals surface area contributed by atoms with Crippen molar-refractivity contribution in [2.24, 2.45) is 5.16 Å². The zero-order valence-corrected chi connectivity index (χ0v) is 21.7. The number of likely N-dealkylation sites (tertiary alicyclic amines) is 1. The predicted octanol–water partition coefficient (Wildman–Crippen LogP) is 2.73. The number of thiocarbonyl (C=S) groups is 1. The summed E-state index contributed by atoms with van der Waals surface area (Å²) in [6.07, 6.45) is 1.94. The van der Waals surface area contributed by atoms with Crippen molar-refractivity contribution in [2.45, 2.75) is 38.0 Å². The van der Waals surface area contributed by atoms with Crippen LogP contribution in [0.1, 0.15) is 30.4 Å². The van der Waals surface area contributed by atoms with Gasteiger partial charge < -0.3 is 39.3 Å². The van der Waals surface area contributed by atoms with Crippen molar-refractivity contribution in [2.75, 3.05) is 34.1 Å². The summed E-state index contributed by atoms with van der Waals surface area (Å²) in [5.74, 6) is 2.55. The molecule has 2 aromatic rings. The molecule has 0 aromatic heterocycles. The number of hydrogen-bond donors (Lipinski definition) is 2. The smallest absolute Gasteiger partial charge is 0.269 e. The van der Waals surface area contributed by atoms with Gasteiger partial charge in [-0.2, -0.15) is 0 Å². The van der Waals surface area contributed by atoms with Crippen LogP contribution in [0.5, 0.6) is 23.0 Å². The molecule has 0 atom stereocenters. The summed E-state index contributed by atoms with van der Waals surface area (Å²) in [6.45, 7) is 2.66. The number of oxime groups is 1. The number of benzene rings is 2. The van der Waals surface area contributed by atoms with E-state index in [0.717, 1.165) is 48.6 Å². The van der Waals surface area contributed by atoms with E-state index in [4.69, 9.17) is 36.0 Å². The number of carbonyl (C=O) groups excluding carboxylic acids is 1. The Hall–Kier alpha value is -3.73. The van der Waals surface area contributed by atoms with Gasteiger partial charge in [-0.3, -0.25) is 4.79 Å². The Bertz CT molecular complexity index is 1210. The average Bonchev–Trinajstić information content (AvgIpc) is 3.57. The van der Waals surface area contributed by atoms with Crippen LogP contribution in [0.15, 0.2) is 41.6 Å². The van der Waals surface area contributed by atoms with Crippen molar-refractivity contribution in [3.63, 3.8) is 0 Å². The van der Waals surface area contributed by atoms with Crippen LogP contribution in [0, 0.1) is 0 Å². The summed E-state index contributed by atoms with van der Waals surface area (Å²) in [5.41, 5.74) is 1.92. The molecule has 10 nitrogen and oxygen atoms in total. The van der Waals surface area contributed by atoms with Gasteiger partial charge in [0.15, 0.2) is 28.1 Å². The third-order valence-electron chi connectivity index (χ3n) is 6.84. The highest BCUT2D eigenvalue weighted by Gasteiger charge is 2.44. The molecular formula is C26H30N4O6S. The van der Waals surface area contributed by atoms with Gasteiger partial charge in [0.25, 0.3) is 5.91 Å². The van der Waals surface area contributed by atoms with Crippen LogP contribution in [-0.4, -0.2) is 61.3 Å². The fourth-order valence-electron chi connectivity index (χ4n) is 4.64. The molecular weight excluding hydrogens is 496 g/mol. The SMILES string of the molecule is COc1ccc(CNC(=O)C2=NOC3(CCN(C(=S)NCc4ccc5c(c4)OCO5)CC3)C2)cc1OC. The number of piperidine rings is 1. The third kappa shape index (κ3) is 5.51. The Labute approximate surface area is 220 Å². The molecule has 3 aliphatic heterocycles. The van der Waals surface area contributed by atoms with Gasteiger partial charge in [-0.05, 0) is 47.6 Å². The molecule has 0 saturated carbocycles. The number of amides is 1. The second kappa shape index (κ2) is 10.7. The first-order valence-electron chi connectivity index (χ1n) is 12.1. The maximum absolute atomic E-state index is 12.7. The maximum atomic E-state index is 12.7. The minimum Gasteiger partial charge on any atom is -0.493 e. The fourth-order valence-corrected chi connectivity index (χ4v) is 4.90. The molecule has 1 saturated heterocycles. The molecule has 1 fully saturated rings. The zero-order valence-electron chi connectivity index (χ0n) is 20.9. The summed E-state index contributed by atoms with van der Waals surface area (Å²) in [6, 6.07) is 11.4. The van der Waals surface area contributed by atoms with Gasteiger partial charge in [-0.15, -0.1) is 0 Å². The molecule has 196 valence electrons. The lowest BCUT2D eigenvalue weighted by atomic mass is 9.87. The average molecular weight is 527 g/mol. The van der Waals surface area contributed by atoms with Crippen LogP contribution in [0.25, 0.3) is 0 Å². The Balaban J connectivity index is 1.07. The molecule has 5 rings (SSSR count). The van der Waals surface area contributed by atoms with E-state index in [0.29, 0.717) is 41.8 Å². The highest BCUT2D eigenvalue weighted by atomic mass is 32.1. The van der Waals surface area contributed by atoms with Crippen LogP contribution >= 0.6 is 12.2 Å². The Morgan fingerprint density at radius 3 is 2.49 bits per heavy atom. The summed E-state index contributed by atoms with van der Waals surface area (Å²) in [4.78, 5) is 20.7. The Morgan fingerprint density at radius 1 is 1.00 bits per heavy atom. The zero-order chi connectivity index (χ0) is 25.8. The lowest BCUT2D eigenvalue weighted by Gasteiger charge is -2.38. The topological polar surface area (TPSA) is 103 Å². The van der Waals surface area contributed by atoms with E-state index in [1.54, 1.807) is 14.2 Å². The largest absolute Gasteiger partial charge is 0.493 e. The number of rotatable bonds is 7.